The Labute approximate surface area is 132 Å². The molecule has 0 aliphatic carbocycles. The van der Waals surface area contributed by atoms with Crippen LogP contribution in [0.4, 0.5) is 5.69 Å². The summed E-state index contributed by atoms with van der Waals surface area (Å²) in [5.41, 5.74) is 9.10. The normalized spacial score (nSPS) is 10.3. The molecule has 0 aromatic heterocycles. The van der Waals surface area contributed by atoms with Crippen LogP contribution < -0.4 is 10.6 Å². The number of benzene rings is 1. The van der Waals surface area contributed by atoms with Crippen molar-refractivity contribution in [2.45, 2.75) is 26.7 Å². The molecule has 0 atom stereocenters. The van der Waals surface area contributed by atoms with Gasteiger partial charge in [0, 0.05) is 45.7 Å². The first-order chi connectivity index (χ1) is 9.81. The van der Waals surface area contributed by atoms with E-state index in [1.165, 1.54) is 16.8 Å². The fourth-order valence-electron chi connectivity index (χ4n) is 2.21. The van der Waals surface area contributed by atoms with E-state index in [9.17, 15) is 4.79 Å². The molecule has 21 heavy (non-hydrogen) atoms. The van der Waals surface area contributed by atoms with Crippen LogP contribution in [0, 0.1) is 13.8 Å². The second-order valence-corrected chi connectivity index (χ2v) is 6.02. The molecule has 116 valence electrons. The van der Waals surface area contributed by atoms with E-state index >= 15 is 0 Å². The highest BCUT2D eigenvalue weighted by molar-refractivity contribution is 7.80. The number of aryl methyl sites for hydroxylation is 2. The zero-order chi connectivity index (χ0) is 16.0. The summed E-state index contributed by atoms with van der Waals surface area (Å²) >= 11 is 4.83. The maximum Gasteiger partial charge on any atom is 0.224 e. The van der Waals surface area contributed by atoms with Gasteiger partial charge in [-0.25, -0.2) is 0 Å². The maximum atomic E-state index is 12.0. The Morgan fingerprint density at radius 2 is 1.86 bits per heavy atom. The van der Waals surface area contributed by atoms with Crippen molar-refractivity contribution in [3.63, 3.8) is 0 Å². The largest absolute Gasteiger partial charge is 0.393 e. The molecule has 0 aliphatic heterocycles. The lowest BCUT2D eigenvalue weighted by Gasteiger charge is -2.23. The predicted octanol–water partition coefficient (Wildman–Crippen LogP) is 2.26. The Balaban J connectivity index is 2.50. The Morgan fingerprint density at radius 3 is 2.43 bits per heavy atom. The number of thiocarbonyl (C=S) groups is 1. The second-order valence-electron chi connectivity index (χ2n) is 5.49. The van der Waals surface area contributed by atoms with Crippen molar-refractivity contribution >= 4 is 28.8 Å². The summed E-state index contributed by atoms with van der Waals surface area (Å²) in [6.07, 6.45) is 1.06. The van der Waals surface area contributed by atoms with Gasteiger partial charge in [-0.15, -0.1) is 0 Å². The molecule has 1 aromatic carbocycles. The van der Waals surface area contributed by atoms with Crippen molar-refractivity contribution in [1.29, 1.82) is 0 Å². The van der Waals surface area contributed by atoms with Gasteiger partial charge in [0.25, 0.3) is 0 Å². The molecule has 1 aromatic rings. The molecule has 1 rings (SSSR count). The van der Waals surface area contributed by atoms with Crippen molar-refractivity contribution in [2.75, 3.05) is 32.1 Å². The number of hydrogen-bond acceptors (Lipinski definition) is 3. The molecule has 0 aliphatic rings. The number of carbonyl (C=O) groups excluding carboxylic acids is 1. The smallest absolute Gasteiger partial charge is 0.224 e. The van der Waals surface area contributed by atoms with E-state index in [0.717, 1.165) is 0 Å². The molecule has 0 heterocycles. The summed E-state index contributed by atoms with van der Waals surface area (Å²) in [4.78, 5) is 16.3. The Bertz CT molecular complexity index is 516. The maximum absolute atomic E-state index is 12.0. The minimum atomic E-state index is 0.114. The molecule has 0 fully saturated rings. The molecule has 4 nitrogen and oxygen atoms in total. The molecule has 1 amide bonds. The van der Waals surface area contributed by atoms with Gasteiger partial charge in [0.1, 0.15) is 0 Å². The number of amides is 1. The fourth-order valence-corrected chi connectivity index (χ4v) is 2.30. The molecule has 0 radical (unpaired) electrons. The van der Waals surface area contributed by atoms with Crippen LogP contribution in [0.15, 0.2) is 18.2 Å². The third-order valence-corrected chi connectivity index (χ3v) is 3.75. The minimum absolute atomic E-state index is 0.114. The van der Waals surface area contributed by atoms with Crippen molar-refractivity contribution < 1.29 is 4.79 Å². The average molecular weight is 307 g/mol. The average Bonchev–Trinajstić information content (AvgIpc) is 2.41. The van der Waals surface area contributed by atoms with Crippen LogP contribution in [-0.2, 0) is 4.79 Å². The summed E-state index contributed by atoms with van der Waals surface area (Å²) in [7, 11) is 3.80. The van der Waals surface area contributed by atoms with Gasteiger partial charge in [0.15, 0.2) is 0 Å². The van der Waals surface area contributed by atoms with Crippen LogP contribution in [0.3, 0.4) is 0 Å². The summed E-state index contributed by atoms with van der Waals surface area (Å²) in [5, 5.41) is 0. The van der Waals surface area contributed by atoms with Gasteiger partial charge in [0.2, 0.25) is 5.91 Å². The van der Waals surface area contributed by atoms with Crippen LogP contribution in [0.1, 0.15) is 24.0 Å². The van der Waals surface area contributed by atoms with Crippen LogP contribution in [0.5, 0.6) is 0 Å². The van der Waals surface area contributed by atoms with E-state index in [1.54, 1.807) is 11.9 Å². The van der Waals surface area contributed by atoms with Gasteiger partial charge in [-0.3, -0.25) is 4.79 Å². The molecular formula is C16H25N3OS. The lowest BCUT2D eigenvalue weighted by molar-refractivity contribution is -0.129. The van der Waals surface area contributed by atoms with Crippen molar-refractivity contribution in [1.82, 2.24) is 4.90 Å². The highest BCUT2D eigenvalue weighted by Gasteiger charge is 2.11. The third-order valence-electron chi connectivity index (χ3n) is 3.54. The van der Waals surface area contributed by atoms with Gasteiger partial charge in [0.05, 0.1) is 4.99 Å². The fraction of sp³-hybridized carbons (Fsp3) is 0.500. The summed E-state index contributed by atoms with van der Waals surface area (Å²) in [6.45, 7) is 5.45. The Kier molecular flexibility index (Phi) is 6.62. The van der Waals surface area contributed by atoms with Crippen LogP contribution in [0.25, 0.3) is 0 Å². The standard InChI is InChI=1S/C16H25N3OS/c1-12-5-6-14(13(2)11-12)18(3)10-8-16(20)19(4)9-7-15(17)21/h5-6,11H,7-10H2,1-4H3,(H2,17,21). The Hall–Kier alpha value is -1.62. The van der Waals surface area contributed by atoms with Gasteiger partial charge >= 0.3 is 0 Å². The number of anilines is 1. The number of carbonyl (C=O) groups is 1. The van der Waals surface area contributed by atoms with Gasteiger partial charge < -0.3 is 15.5 Å². The first kappa shape index (κ1) is 17.4. The highest BCUT2D eigenvalue weighted by Crippen LogP contribution is 2.20. The zero-order valence-electron chi connectivity index (χ0n) is 13.3. The highest BCUT2D eigenvalue weighted by atomic mass is 32.1. The van der Waals surface area contributed by atoms with Crippen LogP contribution in [-0.4, -0.2) is 43.0 Å². The monoisotopic (exact) mass is 307 g/mol. The molecule has 5 heteroatoms. The summed E-state index contributed by atoms with van der Waals surface area (Å²) < 4.78 is 0. The molecule has 0 saturated heterocycles. The second kappa shape index (κ2) is 7.98. The SMILES string of the molecule is Cc1ccc(N(C)CCC(=O)N(C)CCC(N)=S)c(C)c1. The summed E-state index contributed by atoms with van der Waals surface area (Å²) in [6, 6.07) is 6.35. The van der Waals surface area contributed by atoms with E-state index in [-0.39, 0.29) is 5.91 Å². The van der Waals surface area contributed by atoms with E-state index in [4.69, 9.17) is 18.0 Å². The van der Waals surface area contributed by atoms with Crippen LogP contribution >= 0.6 is 12.2 Å². The molecule has 2 N–H and O–H groups in total. The van der Waals surface area contributed by atoms with Crippen molar-refractivity contribution in [3.05, 3.63) is 29.3 Å². The zero-order valence-corrected chi connectivity index (χ0v) is 14.2. The quantitative estimate of drug-likeness (QED) is 0.785. The van der Waals surface area contributed by atoms with Crippen molar-refractivity contribution in [3.8, 4) is 0 Å². The number of nitrogens with two attached hydrogens (primary N) is 1. The molecule has 0 saturated carbocycles. The lowest BCUT2D eigenvalue weighted by atomic mass is 10.1. The van der Waals surface area contributed by atoms with E-state index in [0.29, 0.717) is 30.9 Å². The van der Waals surface area contributed by atoms with E-state index in [2.05, 4.69) is 36.9 Å². The van der Waals surface area contributed by atoms with E-state index in [1.807, 2.05) is 7.05 Å². The molecule has 0 unspecified atom stereocenters. The molecular weight excluding hydrogens is 282 g/mol. The topological polar surface area (TPSA) is 49.6 Å². The third kappa shape index (κ3) is 5.71. The Morgan fingerprint density at radius 1 is 1.19 bits per heavy atom. The van der Waals surface area contributed by atoms with Gasteiger partial charge in [-0.05, 0) is 25.5 Å². The number of nitrogens with zero attached hydrogens (tertiary/aromatic N) is 2. The lowest BCUT2D eigenvalue weighted by Crippen LogP contribution is -2.33. The van der Waals surface area contributed by atoms with Crippen molar-refractivity contribution in [2.24, 2.45) is 5.73 Å². The predicted molar refractivity (Wildman–Crippen MR) is 92.8 cm³/mol. The number of rotatable bonds is 7. The van der Waals surface area contributed by atoms with Gasteiger partial charge in [-0.2, -0.15) is 0 Å². The molecule has 0 bridgehead atoms. The summed E-state index contributed by atoms with van der Waals surface area (Å²) in [5.74, 6) is 0.114. The number of hydrogen-bond donors (Lipinski definition) is 1. The van der Waals surface area contributed by atoms with Gasteiger partial charge in [-0.1, -0.05) is 29.9 Å². The van der Waals surface area contributed by atoms with Crippen LogP contribution in [0.2, 0.25) is 0 Å². The minimum Gasteiger partial charge on any atom is -0.393 e. The first-order valence-corrected chi connectivity index (χ1v) is 7.52. The first-order valence-electron chi connectivity index (χ1n) is 7.12. The van der Waals surface area contributed by atoms with E-state index < -0.39 is 0 Å². The molecule has 0 spiro atoms.